The number of carbonyl (C=O) groups is 1. The molecule has 0 bridgehead atoms. The van der Waals surface area contributed by atoms with E-state index >= 15 is 0 Å². The van der Waals surface area contributed by atoms with E-state index in [0.717, 1.165) is 27.0 Å². The molecule has 0 saturated heterocycles. The topological polar surface area (TPSA) is 101 Å². The minimum Gasteiger partial charge on any atom is -0.303 e. The van der Waals surface area contributed by atoms with Gasteiger partial charge in [0.2, 0.25) is 0 Å². The molecule has 3 aromatic heterocycles. The first kappa shape index (κ1) is 18.1. The molecule has 0 radical (unpaired) electrons. The molecule has 0 atom stereocenters. The number of halogens is 1. The zero-order valence-electron chi connectivity index (χ0n) is 15.1. The Labute approximate surface area is 169 Å². The van der Waals surface area contributed by atoms with Crippen LogP contribution < -0.4 is 5.32 Å². The predicted octanol–water partition coefficient (Wildman–Crippen LogP) is 3.68. The number of anilines is 1. The summed E-state index contributed by atoms with van der Waals surface area (Å²) in [5.41, 5.74) is 4.29. The molecule has 0 aliphatic heterocycles. The van der Waals surface area contributed by atoms with Crippen LogP contribution in [0.1, 0.15) is 21.7 Å². The fourth-order valence-corrected chi connectivity index (χ4v) is 3.27. The Morgan fingerprint density at radius 2 is 1.96 bits per heavy atom. The number of aromatic nitrogens is 6. The molecule has 4 aromatic rings. The molecule has 0 unspecified atom stereocenters. The van der Waals surface area contributed by atoms with Crippen LogP contribution >= 0.6 is 15.9 Å². The average Bonchev–Trinajstić information content (AvgIpc) is 3.25. The van der Waals surface area contributed by atoms with Crippen molar-refractivity contribution in [2.45, 2.75) is 13.8 Å². The van der Waals surface area contributed by atoms with E-state index in [9.17, 15) is 4.79 Å². The van der Waals surface area contributed by atoms with Crippen LogP contribution in [0.3, 0.4) is 0 Å². The van der Waals surface area contributed by atoms with E-state index in [1.54, 1.807) is 24.0 Å². The van der Waals surface area contributed by atoms with Crippen LogP contribution in [-0.2, 0) is 0 Å². The fraction of sp³-hybridized carbons (Fsp3) is 0.105. The number of aromatic amines is 1. The van der Waals surface area contributed by atoms with Crippen molar-refractivity contribution in [3.05, 3.63) is 70.2 Å². The van der Waals surface area contributed by atoms with Crippen LogP contribution in [0.4, 0.5) is 5.82 Å². The highest BCUT2D eigenvalue weighted by atomic mass is 79.9. The smallest absolute Gasteiger partial charge is 0.279 e. The Hall–Kier alpha value is -3.33. The summed E-state index contributed by atoms with van der Waals surface area (Å²) in [4.78, 5) is 16.8. The number of carbonyl (C=O) groups excluding carboxylic acids is 1. The Kier molecular flexibility index (Phi) is 4.74. The lowest BCUT2D eigenvalue weighted by Crippen LogP contribution is -2.15. The Morgan fingerprint density at radius 3 is 2.71 bits per heavy atom. The van der Waals surface area contributed by atoms with E-state index in [0.29, 0.717) is 11.5 Å². The molecule has 8 nitrogen and oxygen atoms in total. The summed E-state index contributed by atoms with van der Waals surface area (Å²) >= 11 is 3.44. The maximum absolute atomic E-state index is 12.7. The van der Waals surface area contributed by atoms with Crippen LogP contribution in [-0.4, -0.2) is 36.1 Å². The molecule has 140 valence electrons. The molecule has 0 spiro atoms. The van der Waals surface area contributed by atoms with E-state index < -0.39 is 0 Å². The van der Waals surface area contributed by atoms with Crippen LogP contribution in [0.15, 0.2) is 53.3 Å². The SMILES string of the molecule is Cc1c(NC(=O)c2nnn(-c3cccc(Br)c3)c2C)n[nH]c1-c1ccncc1. The number of hydrogen-bond acceptors (Lipinski definition) is 5. The van der Waals surface area contributed by atoms with Crippen molar-refractivity contribution in [3.63, 3.8) is 0 Å². The molecule has 3 heterocycles. The van der Waals surface area contributed by atoms with E-state index in [4.69, 9.17) is 0 Å². The van der Waals surface area contributed by atoms with Crippen molar-refractivity contribution in [1.29, 1.82) is 0 Å². The lowest BCUT2D eigenvalue weighted by molar-refractivity contribution is 0.102. The zero-order valence-corrected chi connectivity index (χ0v) is 16.7. The van der Waals surface area contributed by atoms with E-state index in [1.165, 1.54) is 0 Å². The number of H-pyrrole nitrogens is 1. The standard InChI is InChI=1S/C19H16BrN7O/c1-11-16(13-6-8-21-9-7-13)23-25-18(11)22-19(28)17-12(2)27(26-24-17)15-5-3-4-14(20)10-15/h3-10H,1-2H3,(H2,22,23,25,28). The Bertz CT molecular complexity index is 1150. The molecule has 0 aliphatic rings. The predicted molar refractivity (Wildman–Crippen MR) is 108 cm³/mol. The van der Waals surface area contributed by atoms with Gasteiger partial charge in [-0.15, -0.1) is 5.10 Å². The summed E-state index contributed by atoms with van der Waals surface area (Å²) in [6, 6.07) is 11.4. The van der Waals surface area contributed by atoms with Crippen LogP contribution in [0.2, 0.25) is 0 Å². The van der Waals surface area contributed by atoms with E-state index in [1.807, 2.05) is 43.3 Å². The zero-order chi connectivity index (χ0) is 19.7. The van der Waals surface area contributed by atoms with Gasteiger partial charge in [-0.05, 0) is 44.2 Å². The summed E-state index contributed by atoms with van der Waals surface area (Å²) in [7, 11) is 0. The minimum absolute atomic E-state index is 0.243. The summed E-state index contributed by atoms with van der Waals surface area (Å²) in [5.74, 6) is 0.0860. The van der Waals surface area contributed by atoms with Gasteiger partial charge in [-0.1, -0.05) is 27.2 Å². The third-order valence-corrected chi connectivity index (χ3v) is 4.87. The average molecular weight is 438 g/mol. The highest BCUT2D eigenvalue weighted by Gasteiger charge is 2.20. The Morgan fingerprint density at radius 1 is 1.18 bits per heavy atom. The molecule has 1 aromatic carbocycles. The van der Waals surface area contributed by atoms with Crippen molar-refractivity contribution >= 4 is 27.7 Å². The molecule has 0 saturated carbocycles. The van der Waals surface area contributed by atoms with Gasteiger partial charge in [0.25, 0.3) is 5.91 Å². The quantitative estimate of drug-likeness (QED) is 0.506. The number of hydrogen-bond donors (Lipinski definition) is 2. The largest absolute Gasteiger partial charge is 0.303 e. The summed E-state index contributed by atoms with van der Waals surface area (Å²) in [5, 5.41) is 18.2. The van der Waals surface area contributed by atoms with E-state index in [-0.39, 0.29) is 11.6 Å². The fourth-order valence-electron chi connectivity index (χ4n) is 2.88. The number of pyridine rings is 1. The summed E-state index contributed by atoms with van der Waals surface area (Å²) < 4.78 is 2.54. The van der Waals surface area contributed by atoms with Crippen molar-refractivity contribution in [1.82, 2.24) is 30.2 Å². The summed E-state index contributed by atoms with van der Waals surface area (Å²) in [6.45, 7) is 3.69. The lowest BCUT2D eigenvalue weighted by Gasteiger charge is -2.05. The number of nitrogens with one attached hydrogen (secondary N) is 2. The number of nitrogens with zero attached hydrogens (tertiary/aromatic N) is 5. The number of benzene rings is 1. The molecule has 1 amide bonds. The van der Waals surface area contributed by atoms with Crippen molar-refractivity contribution in [2.75, 3.05) is 5.32 Å². The number of rotatable bonds is 4. The van der Waals surface area contributed by atoms with Gasteiger partial charge in [-0.3, -0.25) is 14.9 Å². The maximum Gasteiger partial charge on any atom is 0.279 e. The second-order valence-corrected chi connectivity index (χ2v) is 7.09. The third kappa shape index (κ3) is 3.31. The highest BCUT2D eigenvalue weighted by Crippen LogP contribution is 2.25. The van der Waals surface area contributed by atoms with Crippen molar-refractivity contribution in [3.8, 4) is 16.9 Å². The monoisotopic (exact) mass is 437 g/mol. The van der Waals surface area contributed by atoms with Crippen molar-refractivity contribution < 1.29 is 4.79 Å². The second kappa shape index (κ2) is 7.35. The second-order valence-electron chi connectivity index (χ2n) is 6.18. The van der Waals surface area contributed by atoms with Crippen LogP contribution in [0, 0.1) is 13.8 Å². The van der Waals surface area contributed by atoms with Crippen LogP contribution in [0.5, 0.6) is 0 Å². The lowest BCUT2D eigenvalue weighted by atomic mass is 10.1. The van der Waals surface area contributed by atoms with Gasteiger partial charge in [0, 0.05) is 28.0 Å². The molecule has 0 aliphatic carbocycles. The molecule has 28 heavy (non-hydrogen) atoms. The molecule has 4 rings (SSSR count). The first-order valence-electron chi connectivity index (χ1n) is 8.49. The van der Waals surface area contributed by atoms with Gasteiger partial charge in [0.15, 0.2) is 11.5 Å². The molecule has 9 heteroatoms. The molecule has 2 N–H and O–H groups in total. The number of amides is 1. The summed E-state index contributed by atoms with van der Waals surface area (Å²) in [6.07, 6.45) is 3.41. The first-order valence-corrected chi connectivity index (χ1v) is 9.29. The van der Waals surface area contributed by atoms with E-state index in [2.05, 4.69) is 46.7 Å². The van der Waals surface area contributed by atoms with Gasteiger partial charge in [0.05, 0.1) is 17.1 Å². The van der Waals surface area contributed by atoms with Gasteiger partial charge in [-0.2, -0.15) is 5.10 Å². The van der Waals surface area contributed by atoms with Crippen LogP contribution in [0.25, 0.3) is 16.9 Å². The van der Waals surface area contributed by atoms with Gasteiger partial charge in [0.1, 0.15) is 0 Å². The maximum atomic E-state index is 12.7. The van der Waals surface area contributed by atoms with Crippen molar-refractivity contribution in [2.24, 2.45) is 0 Å². The molecule has 0 fully saturated rings. The first-order chi connectivity index (χ1) is 13.5. The Balaban J connectivity index is 1.59. The normalized spacial score (nSPS) is 10.8. The molecular formula is C19H16BrN7O. The third-order valence-electron chi connectivity index (χ3n) is 4.37. The van der Waals surface area contributed by atoms with Gasteiger partial charge < -0.3 is 5.32 Å². The molecular weight excluding hydrogens is 422 g/mol. The van der Waals surface area contributed by atoms with Gasteiger partial charge >= 0.3 is 0 Å². The minimum atomic E-state index is -0.366. The van der Waals surface area contributed by atoms with Gasteiger partial charge in [-0.25, -0.2) is 4.68 Å². The highest BCUT2D eigenvalue weighted by molar-refractivity contribution is 9.10.